The van der Waals surface area contributed by atoms with E-state index in [0.29, 0.717) is 0 Å². The molecule has 0 spiro atoms. The summed E-state index contributed by atoms with van der Waals surface area (Å²) >= 11 is 0. The number of hydrogen-bond acceptors (Lipinski definition) is 0. The molecule has 2 aliphatic heterocycles. The van der Waals surface area contributed by atoms with E-state index in [2.05, 4.69) is 167 Å². The van der Waals surface area contributed by atoms with Crippen LogP contribution in [0.2, 0.25) is 19.6 Å². The molecule has 214 valence electrons. The molecule has 0 saturated carbocycles. The summed E-state index contributed by atoms with van der Waals surface area (Å²) in [6, 6.07) is 50.7. The molecule has 0 bridgehead atoms. The fourth-order valence-corrected chi connectivity index (χ4v) is 14.5. The summed E-state index contributed by atoms with van der Waals surface area (Å²) in [5.74, 6) is 0. The Kier molecular flexibility index (Phi) is 6.14. The SMILES string of the molecule is C[SiH]1c2ccccc2-c2cccc(-c3ccc(C(C)(C)c4ccc(-c5cccc6c5[Si](C)(C)c5ccccc5-6)cc4)cc3)c21. The van der Waals surface area contributed by atoms with Crippen LogP contribution in [0.5, 0.6) is 0 Å². The maximum absolute atomic E-state index is 2.51. The fraction of sp³-hybridized carbons (Fsp3) is 0.143. The van der Waals surface area contributed by atoms with E-state index in [1.54, 1.807) is 20.7 Å². The van der Waals surface area contributed by atoms with Gasteiger partial charge < -0.3 is 0 Å². The largest absolute Gasteiger partial charge is 0.114 e. The van der Waals surface area contributed by atoms with Crippen molar-refractivity contribution in [3.05, 3.63) is 145 Å². The summed E-state index contributed by atoms with van der Waals surface area (Å²) in [5, 5.41) is 6.31. The third-order valence-corrected chi connectivity index (χ3v) is 17.2. The molecule has 0 N–H and O–H groups in total. The first kappa shape index (κ1) is 27.3. The monoisotopic (exact) mass is 598 g/mol. The first-order valence-corrected chi connectivity index (χ1v) is 21.2. The zero-order chi connectivity index (χ0) is 30.2. The number of fused-ring (bicyclic) bond motifs is 6. The Morgan fingerprint density at radius 2 is 0.977 bits per heavy atom. The van der Waals surface area contributed by atoms with E-state index in [-0.39, 0.29) is 5.41 Å². The Morgan fingerprint density at radius 3 is 1.66 bits per heavy atom. The van der Waals surface area contributed by atoms with Crippen LogP contribution in [-0.2, 0) is 5.41 Å². The van der Waals surface area contributed by atoms with Crippen molar-refractivity contribution in [3.8, 4) is 44.5 Å². The van der Waals surface area contributed by atoms with Gasteiger partial charge in [-0.15, -0.1) is 0 Å². The highest BCUT2D eigenvalue weighted by atomic mass is 28.3. The first-order chi connectivity index (χ1) is 21.3. The summed E-state index contributed by atoms with van der Waals surface area (Å²) in [5.41, 5.74) is 13.8. The van der Waals surface area contributed by atoms with Crippen molar-refractivity contribution in [1.29, 1.82) is 0 Å². The second-order valence-corrected chi connectivity index (χ2v) is 20.7. The van der Waals surface area contributed by atoms with E-state index in [0.717, 1.165) is 0 Å². The lowest BCUT2D eigenvalue weighted by Crippen LogP contribution is -2.50. The van der Waals surface area contributed by atoms with E-state index in [9.17, 15) is 0 Å². The van der Waals surface area contributed by atoms with Crippen LogP contribution in [-0.4, -0.2) is 16.9 Å². The standard InChI is InChI=1S/C42H38Si2/c1-42(2,30-24-20-28(21-25-30)32-14-10-16-36-34-12-6-8-18-38(34)43(3)40(32)36)31-26-22-29(23-27-31)33-15-11-17-37-35-13-7-9-19-39(35)44(4,5)41(33)37/h6-27,43H,1-5H3. The molecule has 6 aromatic carbocycles. The van der Waals surface area contributed by atoms with Crippen molar-refractivity contribution in [2.75, 3.05) is 0 Å². The Morgan fingerprint density at radius 1 is 0.477 bits per heavy atom. The van der Waals surface area contributed by atoms with Gasteiger partial charge in [0.25, 0.3) is 0 Å². The van der Waals surface area contributed by atoms with Crippen LogP contribution >= 0.6 is 0 Å². The fourth-order valence-electron chi connectivity index (χ4n) is 8.18. The summed E-state index contributed by atoms with van der Waals surface area (Å²) in [6.07, 6.45) is 0. The van der Waals surface area contributed by atoms with Crippen molar-refractivity contribution in [1.82, 2.24) is 0 Å². The Labute approximate surface area is 264 Å². The minimum Gasteiger partial charge on any atom is -0.0641 e. The molecule has 0 fully saturated rings. The molecule has 0 saturated heterocycles. The predicted octanol–water partition coefficient (Wildman–Crippen LogP) is 8.10. The van der Waals surface area contributed by atoms with Gasteiger partial charge in [-0.05, 0) is 71.2 Å². The molecule has 0 nitrogen and oxygen atoms in total. The van der Waals surface area contributed by atoms with Gasteiger partial charge in [0.2, 0.25) is 0 Å². The zero-order valence-corrected chi connectivity index (χ0v) is 28.4. The van der Waals surface area contributed by atoms with Gasteiger partial charge in [-0.2, -0.15) is 0 Å². The Balaban J connectivity index is 1.11. The molecule has 2 heterocycles. The lowest BCUT2D eigenvalue weighted by molar-refractivity contribution is 0.641. The maximum atomic E-state index is 2.51. The number of rotatable bonds is 4. The summed E-state index contributed by atoms with van der Waals surface area (Å²) in [6.45, 7) is 12.2. The van der Waals surface area contributed by atoms with Gasteiger partial charge in [-0.3, -0.25) is 0 Å². The van der Waals surface area contributed by atoms with Crippen molar-refractivity contribution >= 4 is 37.6 Å². The van der Waals surface area contributed by atoms with Crippen molar-refractivity contribution in [2.45, 2.75) is 38.9 Å². The lowest BCUT2D eigenvalue weighted by Gasteiger charge is -2.27. The van der Waals surface area contributed by atoms with Crippen LogP contribution < -0.4 is 20.7 Å². The Hall–Kier alpha value is -4.25. The number of benzene rings is 6. The quantitative estimate of drug-likeness (QED) is 0.180. The summed E-state index contributed by atoms with van der Waals surface area (Å²) < 4.78 is 0. The van der Waals surface area contributed by atoms with E-state index in [1.807, 2.05) is 0 Å². The molecule has 0 aromatic heterocycles. The number of hydrogen-bond donors (Lipinski definition) is 0. The highest BCUT2D eigenvalue weighted by Crippen LogP contribution is 2.37. The minimum atomic E-state index is -1.77. The molecule has 2 aliphatic rings. The normalized spacial score (nSPS) is 15.8. The lowest BCUT2D eigenvalue weighted by atomic mass is 9.77. The molecular weight excluding hydrogens is 561 g/mol. The molecular formula is C42H38Si2. The van der Waals surface area contributed by atoms with E-state index < -0.39 is 16.9 Å². The summed E-state index contributed by atoms with van der Waals surface area (Å²) in [7, 11) is -2.98. The molecule has 1 atom stereocenters. The zero-order valence-electron chi connectivity index (χ0n) is 26.3. The van der Waals surface area contributed by atoms with Crippen LogP contribution in [0.25, 0.3) is 44.5 Å². The first-order valence-electron chi connectivity index (χ1n) is 15.9. The molecule has 8 rings (SSSR count). The van der Waals surface area contributed by atoms with Gasteiger partial charge in [0.1, 0.15) is 16.9 Å². The van der Waals surface area contributed by atoms with Crippen LogP contribution in [0.15, 0.2) is 133 Å². The third kappa shape index (κ3) is 3.94. The molecule has 0 radical (unpaired) electrons. The van der Waals surface area contributed by atoms with Crippen molar-refractivity contribution < 1.29 is 0 Å². The third-order valence-electron chi connectivity index (χ3n) is 10.7. The van der Waals surface area contributed by atoms with E-state index in [4.69, 9.17) is 0 Å². The van der Waals surface area contributed by atoms with Gasteiger partial charge in [-0.25, -0.2) is 0 Å². The van der Waals surface area contributed by atoms with Crippen LogP contribution in [0.1, 0.15) is 25.0 Å². The second-order valence-electron chi connectivity index (χ2n) is 13.8. The van der Waals surface area contributed by atoms with Crippen molar-refractivity contribution in [2.24, 2.45) is 0 Å². The average Bonchev–Trinajstić information content (AvgIpc) is 3.49. The van der Waals surface area contributed by atoms with Crippen LogP contribution in [0.3, 0.4) is 0 Å². The summed E-state index contributed by atoms with van der Waals surface area (Å²) in [4.78, 5) is 0. The van der Waals surface area contributed by atoms with Crippen LogP contribution in [0, 0.1) is 0 Å². The van der Waals surface area contributed by atoms with E-state index >= 15 is 0 Å². The molecule has 0 amide bonds. The molecule has 1 unspecified atom stereocenters. The smallest absolute Gasteiger partial charge is 0.0641 e. The maximum Gasteiger partial charge on any atom is 0.114 e. The molecule has 0 aliphatic carbocycles. The second kappa shape index (κ2) is 9.88. The van der Waals surface area contributed by atoms with Gasteiger partial charge in [0.15, 0.2) is 0 Å². The van der Waals surface area contributed by atoms with Crippen molar-refractivity contribution in [3.63, 3.8) is 0 Å². The van der Waals surface area contributed by atoms with Gasteiger partial charge in [0, 0.05) is 5.41 Å². The highest BCUT2D eigenvalue weighted by molar-refractivity contribution is 7.04. The molecule has 6 aromatic rings. The van der Waals surface area contributed by atoms with Gasteiger partial charge in [0.05, 0.1) is 0 Å². The van der Waals surface area contributed by atoms with E-state index in [1.165, 1.54) is 55.6 Å². The highest BCUT2D eigenvalue weighted by Gasteiger charge is 2.39. The van der Waals surface area contributed by atoms with Gasteiger partial charge in [-0.1, -0.05) is 172 Å². The topological polar surface area (TPSA) is 0 Å². The minimum absolute atomic E-state index is 0.100. The van der Waals surface area contributed by atoms with Gasteiger partial charge >= 0.3 is 0 Å². The Bertz CT molecular complexity index is 2060. The average molecular weight is 599 g/mol. The van der Waals surface area contributed by atoms with Crippen LogP contribution in [0.4, 0.5) is 0 Å². The predicted molar refractivity (Wildman–Crippen MR) is 196 cm³/mol. The molecule has 2 heteroatoms. The molecule has 44 heavy (non-hydrogen) atoms.